The van der Waals surface area contributed by atoms with E-state index in [0.717, 1.165) is 168 Å². The topological polar surface area (TPSA) is 77.3 Å². The molecule has 0 aliphatic heterocycles. The van der Waals surface area contributed by atoms with Crippen molar-refractivity contribution in [1.29, 1.82) is 0 Å². The molecule has 0 amide bonds. The molecule has 6 aromatic heterocycles. The summed E-state index contributed by atoms with van der Waals surface area (Å²) in [6, 6.07) is 117. The van der Waals surface area contributed by atoms with Crippen LogP contribution in [0.4, 0.5) is 0 Å². The van der Waals surface area contributed by atoms with Crippen molar-refractivity contribution in [2.24, 2.45) is 0 Å². The summed E-state index contributed by atoms with van der Waals surface area (Å²) in [5, 5.41) is 0. The van der Waals surface area contributed by atoms with E-state index < -0.39 is 0 Å². The van der Waals surface area contributed by atoms with Crippen LogP contribution in [0, 0.1) is 0 Å². The fourth-order valence-electron chi connectivity index (χ4n) is 13.2. The van der Waals surface area contributed by atoms with Gasteiger partial charge in [-0.15, -0.1) is 0 Å². The van der Waals surface area contributed by atoms with Crippen molar-refractivity contribution >= 4 is 0 Å². The van der Waals surface area contributed by atoms with Crippen molar-refractivity contribution in [2.45, 2.75) is 0 Å². The summed E-state index contributed by atoms with van der Waals surface area (Å²) < 4.78 is 0. The van der Waals surface area contributed by atoms with Crippen molar-refractivity contribution in [3.63, 3.8) is 0 Å². The Morgan fingerprint density at radius 1 is 0.125 bits per heavy atom. The van der Waals surface area contributed by atoms with Crippen LogP contribution in [-0.2, 0) is 0 Å². The number of nitrogens with zero attached hydrogens (tertiary/aromatic N) is 6. The van der Waals surface area contributed by atoms with Crippen LogP contribution in [0.1, 0.15) is 0 Å². The van der Waals surface area contributed by atoms with Gasteiger partial charge in [-0.1, -0.05) is 237 Å². The Labute approximate surface area is 559 Å². The Hall–Kier alpha value is -12.9. The van der Waals surface area contributed by atoms with Crippen molar-refractivity contribution in [1.82, 2.24) is 29.9 Å². The summed E-state index contributed by atoms with van der Waals surface area (Å²) >= 11 is 0. The van der Waals surface area contributed by atoms with Crippen LogP contribution in [0.25, 0.3) is 168 Å². The largest absolute Gasteiger partial charge is 0.256 e. The predicted octanol–water partition coefficient (Wildman–Crippen LogP) is 23.1. The first-order valence-electron chi connectivity index (χ1n) is 32.3. The van der Waals surface area contributed by atoms with E-state index in [1.54, 1.807) is 0 Å². The molecule has 450 valence electrons. The lowest BCUT2D eigenvalue weighted by atomic mass is 9.80. The number of rotatable bonds is 15. The van der Waals surface area contributed by atoms with Gasteiger partial charge in [0.05, 0.1) is 34.2 Å². The Morgan fingerprint density at radius 3 is 0.427 bits per heavy atom. The van der Waals surface area contributed by atoms with Gasteiger partial charge >= 0.3 is 0 Å². The molecule has 10 aromatic carbocycles. The second kappa shape index (κ2) is 26.4. The lowest BCUT2D eigenvalue weighted by Gasteiger charge is -2.23. The number of pyridine rings is 6. The Balaban J connectivity index is 0.990. The maximum absolute atomic E-state index is 4.75. The molecule has 0 saturated heterocycles. The van der Waals surface area contributed by atoms with Crippen LogP contribution in [0.3, 0.4) is 0 Å². The summed E-state index contributed by atoms with van der Waals surface area (Å²) in [4.78, 5) is 28.5. The number of aromatic nitrogens is 6. The second-order valence-corrected chi connectivity index (χ2v) is 23.7. The van der Waals surface area contributed by atoms with E-state index in [-0.39, 0.29) is 0 Å². The quantitative estimate of drug-likeness (QED) is 0.102. The highest BCUT2D eigenvalue weighted by Gasteiger charge is 2.24. The number of hydrogen-bond acceptors (Lipinski definition) is 6. The highest BCUT2D eigenvalue weighted by atomic mass is 14.7. The van der Waals surface area contributed by atoms with Gasteiger partial charge in [0.15, 0.2) is 0 Å². The third-order valence-electron chi connectivity index (χ3n) is 17.9. The maximum atomic E-state index is 4.75. The molecule has 0 aliphatic carbocycles. The molecular formula is C90H60N6. The van der Waals surface area contributed by atoms with E-state index in [4.69, 9.17) is 29.9 Å². The molecule has 6 heterocycles. The molecule has 0 unspecified atom stereocenters. The zero-order valence-electron chi connectivity index (χ0n) is 52.3. The Morgan fingerprint density at radius 2 is 0.281 bits per heavy atom. The van der Waals surface area contributed by atoms with E-state index >= 15 is 0 Å². The first-order valence-corrected chi connectivity index (χ1v) is 32.3. The zero-order valence-corrected chi connectivity index (χ0v) is 52.3. The minimum Gasteiger partial charge on any atom is -0.256 e. The van der Waals surface area contributed by atoms with Crippen molar-refractivity contribution in [3.05, 3.63) is 365 Å². The van der Waals surface area contributed by atoms with Crippen molar-refractivity contribution in [2.75, 3.05) is 0 Å². The van der Waals surface area contributed by atoms with Crippen LogP contribution >= 0.6 is 0 Å². The summed E-state index contributed by atoms with van der Waals surface area (Å²) in [6.07, 6.45) is 11.1. The summed E-state index contributed by atoms with van der Waals surface area (Å²) in [6.45, 7) is 0. The molecule has 6 nitrogen and oxygen atoms in total. The molecule has 6 heteroatoms. The smallest absolute Gasteiger partial charge is 0.0701 e. The zero-order chi connectivity index (χ0) is 64.0. The molecule has 0 aliphatic rings. The van der Waals surface area contributed by atoms with E-state index in [0.29, 0.717) is 0 Å². The fraction of sp³-hybridized carbons (Fsp3) is 0. The molecular weight excluding hydrogens is 1170 g/mol. The van der Waals surface area contributed by atoms with E-state index in [9.17, 15) is 0 Å². The third kappa shape index (κ3) is 11.9. The van der Waals surface area contributed by atoms with Gasteiger partial charge in [-0.05, 0) is 191 Å². The van der Waals surface area contributed by atoms with E-state index in [2.05, 4.69) is 255 Å². The third-order valence-corrected chi connectivity index (χ3v) is 17.9. The molecule has 16 aromatic rings. The van der Waals surface area contributed by atoms with Crippen LogP contribution < -0.4 is 0 Å². The number of benzene rings is 10. The SMILES string of the molecule is c1ccc(-c2ccc(-c3cccc(-c4ccc(-c5ccccn5)cc4)c3-c3cc(-c4c(-c5ccc(-c6ccccn6)cc5)cccc4-c4ccc(-c5ccccn5)cc4)cc(-c4c(-c5ccc(-c6ccccn6)cc5)cccc4-c4ccc(-c5ccccn5)cc4)c3)cc2)nc1. The second-order valence-electron chi connectivity index (χ2n) is 23.7. The van der Waals surface area contributed by atoms with Gasteiger partial charge in [-0.2, -0.15) is 0 Å². The molecule has 0 radical (unpaired) electrons. The highest BCUT2D eigenvalue weighted by Crippen LogP contribution is 2.50. The molecule has 0 atom stereocenters. The lowest BCUT2D eigenvalue weighted by molar-refractivity contribution is 1.33. The minimum atomic E-state index is 0.919. The van der Waals surface area contributed by atoms with Crippen LogP contribution in [-0.4, -0.2) is 29.9 Å². The molecule has 0 fully saturated rings. The van der Waals surface area contributed by atoms with Crippen LogP contribution in [0.2, 0.25) is 0 Å². The van der Waals surface area contributed by atoms with E-state index in [1.807, 2.05) is 110 Å². The van der Waals surface area contributed by atoms with Gasteiger partial charge in [0.25, 0.3) is 0 Å². The molecule has 0 bridgehead atoms. The molecule has 0 saturated carbocycles. The molecule has 0 N–H and O–H groups in total. The van der Waals surface area contributed by atoms with Crippen molar-refractivity contribution in [3.8, 4) is 168 Å². The summed E-state index contributed by atoms with van der Waals surface area (Å²) in [5.41, 5.74) is 31.2. The lowest BCUT2D eigenvalue weighted by Crippen LogP contribution is -1.97. The average Bonchev–Trinajstić information content (AvgIpc) is 0.837. The fourth-order valence-corrected chi connectivity index (χ4v) is 13.2. The van der Waals surface area contributed by atoms with Crippen molar-refractivity contribution < 1.29 is 0 Å². The van der Waals surface area contributed by atoms with Crippen LogP contribution in [0.15, 0.2) is 365 Å². The summed E-state index contributed by atoms with van der Waals surface area (Å²) in [7, 11) is 0. The van der Waals surface area contributed by atoms with Crippen LogP contribution in [0.5, 0.6) is 0 Å². The monoisotopic (exact) mass is 1220 g/mol. The van der Waals surface area contributed by atoms with Gasteiger partial charge in [0.1, 0.15) is 0 Å². The first kappa shape index (κ1) is 58.2. The van der Waals surface area contributed by atoms with Gasteiger partial charge in [0, 0.05) is 70.6 Å². The average molecular weight is 1230 g/mol. The van der Waals surface area contributed by atoms with Gasteiger partial charge in [-0.25, -0.2) is 0 Å². The standard InChI is InChI=1S/C90H60N6/c1-7-52-91-82(22-1)67-40-28-61(29-41-67)76-16-13-17-77(62-30-42-68(43-31-62)83-23-2-8-53-92-83)88(76)73-58-74(89-78(63-32-44-69(45-33-63)84-24-3-9-54-93-84)18-14-19-79(89)64-34-46-70(47-35-64)85-25-4-10-55-94-85)60-75(59-73)90-80(65-36-48-71(49-37-65)86-26-5-11-56-95-86)20-15-21-81(90)66-38-50-72(51-39-66)87-27-6-12-57-96-87/h1-60H. The highest BCUT2D eigenvalue weighted by molar-refractivity contribution is 6.04. The number of hydrogen-bond donors (Lipinski definition) is 0. The first-order chi connectivity index (χ1) is 47.6. The molecule has 96 heavy (non-hydrogen) atoms. The predicted molar refractivity (Wildman–Crippen MR) is 395 cm³/mol. The van der Waals surface area contributed by atoms with Gasteiger partial charge in [0.2, 0.25) is 0 Å². The molecule has 0 spiro atoms. The summed E-state index contributed by atoms with van der Waals surface area (Å²) in [5.74, 6) is 0. The normalized spacial score (nSPS) is 11.1. The minimum absolute atomic E-state index is 0.919. The molecule has 16 rings (SSSR count). The maximum Gasteiger partial charge on any atom is 0.0701 e. The van der Waals surface area contributed by atoms with Gasteiger partial charge < -0.3 is 0 Å². The Kier molecular flexibility index (Phi) is 16.0. The Bertz CT molecular complexity index is 4490. The van der Waals surface area contributed by atoms with Gasteiger partial charge in [-0.3, -0.25) is 29.9 Å². The van der Waals surface area contributed by atoms with E-state index in [1.165, 1.54) is 0 Å².